The smallest absolute Gasteiger partial charge is 0.313 e. The van der Waals surface area contributed by atoms with E-state index in [2.05, 4.69) is 26.2 Å². The zero-order valence-electron chi connectivity index (χ0n) is 14.4. The number of carbonyl (C=O) groups is 1. The molecule has 1 aromatic carbocycles. The van der Waals surface area contributed by atoms with Gasteiger partial charge in [0.2, 0.25) is 0 Å². The molecule has 0 spiro atoms. The molecular formula is C19H20BrN3O3. The van der Waals surface area contributed by atoms with Gasteiger partial charge in [-0.3, -0.25) is 9.59 Å². The van der Waals surface area contributed by atoms with Crippen LogP contribution in [0, 0.1) is 17.3 Å². The van der Waals surface area contributed by atoms with Gasteiger partial charge in [-0.2, -0.15) is 4.68 Å². The van der Waals surface area contributed by atoms with E-state index in [1.807, 2.05) is 6.07 Å². The molecule has 4 fully saturated rings. The molecule has 6 nitrogen and oxygen atoms in total. The summed E-state index contributed by atoms with van der Waals surface area (Å²) in [5.41, 5.74) is -0.144. The van der Waals surface area contributed by atoms with Crippen molar-refractivity contribution in [2.24, 2.45) is 17.3 Å². The van der Waals surface area contributed by atoms with Crippen molar-refractivity contribution in [2.45, 2.75) is 49.6 Å². The number of halogens is 1. The van der Waals surface area contributed by atoms with Crippen LogP contribution < -0.4 is 5.56 Å². The molecule has 2 unspecified atom stereocenters. The standard InChI is InChI=1S/C19H20BrN3O3/c20-19-8-12-5-13(9-19)7-18(6-12,10-19)17(25)26-11-23-16(24)14-3-1-2-4-15(14)21-22-23/h1-4,12-13H,5-11H2/t12-,13+,18?,19?. The lowest BCUT2D eigenvalue weighted by molar-refractivity contribution is -0.174. The summed E-state index contributed by atoms with van der Waals surface area (Å²) in [5.74, 6) is 1.02. The summed E-state index contributed by atoms with van der Waals surface area (Å²) in [7, 11) is 0. The maximum absolute atomic E-state index is 13.0. The van der Waals surface area contributed by atoms with E-state index >= 15 is 0 Å². The SMILES string of the molecule is O=C(OCn1nnc2ccccc2c1=O)C12C[C@@H]3C[C@@H](CC(Br)(C3)C1)C2. The van der Waals surface area contributed by atoms with Gasteiger partial charge in [-0.05, 0) is 62.5 Å². The van der Waals surface area contributed by atoms with Crippen molar-refractivity contribution >= 4 is 32.8 Å². The number of ether oxygens (including phenoxy) is 1. The van der Waals surface area contributed by atoms with Crippen LogP contribution in [0.1, 0.15) is 38.5 Å². The molecule has 0 amide bonds. The fourth-order valence-electron chi connectivity index (χ4n) is 5.77. The van der Waals surface area contributed by atoms with Crippen molar-refractivity contribution in [1.29, 1.82) is 0 Å². The molecule has 0 radical (unpaired) electrons. The maximum atomic E-state index is 13.0. The van der Waals surface area contributed by atoms with Crippen LogP contribution in [-0.2, 0) is 16.3 Å². The van der Waals surface area contributed by atoms with Crippen molar-refractivity contribution in [2.75, 3.05) is 0 Å². The molecule has 7 heteroatoms. The Bertz CT molecular complexity index is 942. The second-order valence-electron chi connectivity index (χ2n) is 8.36. The third-order valence-electron chi connectivity index (χ3n) is 6.37. The number of carbonyl (C=O) groups excluding carboxylic acids is 1. The summed E-state index contributed by atoms with van der Waals surface area (Å²) >= 11 is 3.91. The van der Waals surface area contributed by atoms with E-state index in [1.165, 1.54) is 6.42 Å². The lowest BCUT2D eigenvalue weighted by Gasteiger charge is -2.58. The van der Waals surface area contributed by atoms with Gasteiger partial charge < -0.3 is 4.74 Å². The number of rotatable bonds is 3. The second kappa shape index (κ2) is 5.62. The van der Waals surface area contributed by atoms with Gasteiger partial charge in [0, 0.05) is 4.32 Å². The Morgan fingerprint density at radius 2 is 1.96 bits per heavy atom. The lowest BCUT2D eigenvalue weighted by atomic mass is 9.49. The molecule has 4 bridgehead atoms. The number of fused-ring (bicyclic) bond motifs is 1. The van der Waals surface area contributed by atoms with E-state index in [4.69, 9.17) is 4.74 Å². The summed E-state index contributed by atoms with van der Waals surface area (Å²) in [4.78, 5) is 25.5. The first-order valence-electron chi connectivity index (χ1n) is 9.15. The first-order valence-corrected chi connectivity index (χ1v) is 9.94. The summed E-state index contributed by atoms with van der Waals surface area (Å²) < 4.78 is 6.81. The van der Waals surface area contributed by atoms with E-state index in [9.17, 15) is 9.59 Å². The zero-order valence-corrected chi connectivity index (χ0v) is 15.9. The molecule has 2 aromatic rings. The predicted octanol–water partition coefficient (Wildman–Crippen LogP) is 3.03. The molecule has 4 atom stereocenters. The van der Waals surface area contributed by atoms with Crippen molar-refractivity contribution in [3.8, 4) is 0 Å². The van der Waals surface area contributed by atoms with Crippen LogP contribution in [0.2, 0.25) is 0 Å². The van der Waals surface area contributed by atoms with Gasteiger partial charge >= 0.3 is 5.97 Å². The van der Waals surface area contributed by atoms with Crippen LogP contribution in [0.15, 0.2) is 29.1 Å². The number of benzene rings is 1. The number of nitrogens with zero attached hydrogens (tertiary/aromatic N) is 3. The third kappa shape index (κ3) is 2.51. The summed E-state index contributed by atoms with van der Waals surface area (Å²) in [5, 5.41) is 8.42. The van der Waals surface area contributed by atoms with E-state index in [0.717, 1.165) is 36.8 Å². The second-order valence-corrected chi connectivity index (χ2v) is 10.0. The molecule has 0 aliphatic heterocycles. The van der Waals surface area contributed by atoms with Gasteiger partial charge in [0.15, 0.2) is 6.73 Å². The number of aromatic nitrogens is 3. The van der Waals surface area contributed by atoms with Gasteiger partial charge in [0.1, 0.15) is 5.52 Å². The summed E-state index contributed by atoms with van der Waals surface area (Å²) in [6.45, 7) is -0.179. The van der Waals surface area contributed by atoms with Crippen molar-refractivity contribution in [3.05, 3.63) is 34.6 Å². The Kier molecular flexibility index (Phi) is 3.55. The fourth-order valence-corrected chi connectivity index (χ4v) is 7.22. The topological polar surface area (TPSA) is 74.1 Å². The first-order chi connectivity index (χ1) is 12.5. The minimum Gasteiger partial charge on any atom is -0.442 e. The van der Waals surface area contributed by atoms with Crippen LogP contribution in [0.25, 0.3) is 10.9 Å². The van der Waals surface area contributed by atoms with Crippen LogP contribution in [0.4, 0.5) is 0 Å². The number of esters is 1. The Labute approximate surface area is 159 Å². The molecule has 0 saturated heterocycles. The highest BCUT2D eigenvalue weighted by Crippen LogP contribution is 2.64. The summed E-state index contributed by atoms with van der Waals surface area (Å²) in [6.07, 6.45) is 6.21. The number of hydrogen-bond donors (Lipinski definition) is 0. The van der Waals surface area contributed by atoms with Crippen LogP contribution >= 0.6 is 15.9 Å². The predicted molar refractivity (Wildman–Crippen MR) is 98.7 cm³/mol. The Morgan fingerprint density at radius 1 is 1.23 bits per heavy atom. The zero-order chi connectivity index (χ0) is 17.9. The van der Waals surface area contributed by atoms with Gasteiger partial charge in [-0.15, -0.1) is 5.10 Å². The van der Waals surface area contributed by atoms with Crippen LogP contribution in [0.3, 0.4) is 0 Å². The molecule has 1 heterocycles. The van der Waals surface area contributed by atoms with Gasteiger partial charge in [-0.1, -0.05) is 33.3 Å². The normalized spacial score (nSPS) is 35.0. The minimum atomic E-state index is -0.401. The quantitative estimate of drug-likeness (QED) is 0.566. The highest BCUT2D eigenvalue weighted by Gasteiger charge is 2.60. The van der Waals surface area contributed by atoms with Gasteiger partial charge in [0.25, 0.3) is 5.56 Å². The Hall–Kier alpha value is -1.76. The molecule has 26 heavy (non-hydrogen) atoms. The molecule has 4 saturated carbocycles. The van der Waals surface area contributed by atoms with E-state index in [-0.39, 0.29) is 22.6 Å². The first kappa shape index (κ1) is 16.4. The van der Waals surface area contributed by atoms with Crippen molar-refractivity contribution in [1.82, 2.24) is 15.0 Å². The Morgan fingerprint density at radius 3 is 2.69 bits per heavy atom. The number of hydrogen-bond acceptors (Lipinski definition) is 5. The van der Waals surface area contributed by atoms with Crippen LogP contribution in [0.5, 0.6) is 0 Å². The maximum Gasteiger partial charge on any atom is 0.313 e. The fraction of sp³-hybridized carbons (Fsp3) is 0.579. The molecule has 1 aromatic heterocycles. The van der Waals surface area contributed by atoms with E-state index < -0.39 is 5.41 Å². The average Bonchev–Trinajstić information content (AvgIpc) is 2.59. The summed E-state index contributed by atoms with van der Waals surface area (Å²) in [6, 6.07) is 7.04. The van der Waals surface area contributed by atoms with Crippen LogP contribution in [-0.4, -0.2) is 25.3 Å². The van der Waals surface area contributed by atoms with E-state index in [0.29, 0.717) is 22.7 Å². The van der Waals surface area contributed by atoms with E-state index in [1.54, 1.807) is 18.2 Å². The van der Waals surface area contributed by atoms with Crippen molar-refractivity contribution in [3.63, 3.8) is 0 Å². The highest BCUT2D eigenvalue weighted by molar-refractivity contribution is 9.10. The molecular weight excluding hydrogens is 398 g/mol. The van der Waals surface area contributed by atoms with Crippen molar-refractivity contribution < 1.29 is 9.53 Å². The molecule has 4 aliphatic carbocycles. The minimum absolute atomic E-state index is 0.0930. The lowest BCUT2D eigenvalue weighted by Crippen LogP contribution is -2.56. The third-order valence-corrected chi connectivity index (χ3v) is 7.30. The number of alkyl halides is 1. The molecule has 6 rings (SSSR count). The highest BCUT2D eigenvalue weighted by atomic mass is 79.9. The molecule has 4 aliphatic rings. The monoisotopic (exact) mass is 417 g/mol. The largest absolute Gasteiger partial charge is 0.442 e. The van der Waals surface area contributed by atoms with Gasteiger partial charge in [0.05, 0.1) is 10.8 Å². The average molecular weight is 418 g/mol. The Balaban J connectivity index is 1.37. The molecule has 136 valence electrons. The van der Waals surface area contributed by atoms with Gasteiger partial charge in [-0.25, -0.2) is 0 Å². The molecule has 0 N–H and O–H groups in total.